The van der Waals surface area contributed by atoms with Gasteiger partial charge in [0.15, 0.2) is 0 Å². The molecule has 1 heterocycles. The van der Waals surface area contributed by atoms with Gasteiger partial charge in [-0.3, -0.25) is 0 Å². The Morgan fingerprint density at radius 2 is 2.00 bits per heavy atom. The molecule has 0 saturated carbocycles. The minimum Gasteiger partial charge on any atom is -0.347 e. The van der Waals surface area contributed by atoms with Crippen LogP contribution in [-0.4, -0.2) is 11.1 Å². The first kappa shape index (κ1) is 12.2. The molecule has 0 fully saturated rings. The fourth-order valence-corrected chi connectivity index (χ4v) is 2.66. The summed E-state index contributed by atoms with van der Waals surface area (Å²) < 4.78 is 2.35. The number of fused-ring (bicyclic) bond motifs is 1. The molecular formula is C15H22N2. The van der Waals surface area contributed by atoms with Crippen molar-refractivity contribution in [1.29, 1.82) is 0 Å². The molecule has 0 bridgehead atoms. The zero-order chi connectivity index (χ0) is 12.4. The molecule has 0 amide bonds. The van der Waals surface area contributed by atoms with Gasteiger partial charge in [0.1, 0.15) is 0 Å². The highest BCUT2D eigenvalue weighted by Crippen LogP contribution is 2.27. The maximum Gasteiger partial charge on any atom is 0.0488 e. The van der Waals surface area contributed by atoms with Crippen LogP contribution < -0.4 is 5.73 Å². The van der Waals surface area contributed by atoms with Gasteiger partial charge in [-0.1, -0.05) is 6.07 Å². The number of hydrogen-bond donors (Lipinski definition) is 1. The molecule has 0 aliphatic heterocycles. The second-order valence-electron chi connectivity index (χ2n) is 4.81. The summed E-state index contributed by atoms with van der Waals surface area (Å²) in [5.41, 5.74) is 11.2. The van der Waals surface area contributed by atoms with Crippen molar-refractivity contribution in [3.8, 4) is 0 Å². The molecule has 1 aromatic heterocycles. The average molecular weight is 230 g/mol. The number of nitrogens with two attached hydrogens (primary N) is 1. The molecule has 1 aromatic carbocycles. The van der Waals surface area contributed by atoms with Crippen molar-refractivity contribution in [2.24, 2.45) is 5.73 Å². The summed E-state index contributed by atoms with van der Waals surface area (Å²) in [5.74, 6) is 0. The standard InChI is InChI=1S/C15H22N2/c1-4-17-10-13(6-5-7-16)15-12(3)8-11(2)9-14(15)17/h8-10H,4-7,16H2,1-3H3. The summed E-state index contributed by atoms with van der Waals surface area (Å²) in [6.45, 7) is 8.37. The predicted octanol–water partition coefficient (Wildman–Crippen LogP) is 3.17. The molecule has 2 heteroatoms. The van der Waals surface area contributed by atoms with E-state index in [0.29, 0.717) is 0 Å². The smallest absolute Gasteiger partial charge is 0.0488 e. The molecule has 2 rings (SSSR count). The summed E-state index contributed by atoms with van der Waals surface area (Å²) in [6.07, 6.45) is 4.45. The summed E-state index contributed by atoms with van der Waals surface area (Å²) >= 11 is 0. The lowest BCUT2D eigenvalue weighted by Gasteiger charge is -2.04. The van der Waals surface area contributed by atoms with Gasteiger partial charge in [0.2, 0.25) is 0 Å². The molecule has 2 N–H and O–H groups in total. The Labute approximate surface area is 103 Å². The van der Waals surface area contributed by atoms with Crippen molar-refractivity contribution < 1.29 is 0 Å². The summed E-state index contributed by atoms with van der Waals surface area (Å²) in [4.78, 5) is 0. The second-order valence-corrected chi connectivity index (χ2v) is 4.81. The Balaban J connectivity index is 2.60. The van der Waals surface area contributed by atoms with Crippen molar-refractivity contribution >= 4 is 10.9 Å². The molecule has 2 aromatic rings. The Morgan fingerprint density at radius 3 is 2.65 bits per heavy atom. The van der Waals surface area contributed by atoms with Gasteiger partial charge < -0.3 is 10.3 Å². The van der Waals surface area contributed by atoms with Crippen LogP contribution in [0.4, 0.5) is 0 Å². The normalized spacial score (nSPS) is 11.3. The zero-order valence-electron chi connectivity index (χ0n) is 11.1. The number of hydrogen-bond acceptors (Lipinski definition) is 1. The van der Waals surface area contributed by atoms with E-state index in [9.17, 15) is 0 Å². The van der Waals surface area contributed by atoms with Gasteiger partial charge in [0.25, 0.3) is 0 Å². The minimum absolute atomic E-state index is 0.768. The zero-order valence-corrected chi connectivity index (χ0v) is 11.1. The third-order valence-corrected chi connectivity index (χ3v) is 3.39. The fraction of sp³-hybridized carbons (Fsp3) is 0.467. The largest absolute Gasteiger partial charge is 0.347 e. The third kappa shape index (κ3) is 2.22. The first-order valence-corrected chi connectivity index (χ1v) is 6.46. The van der Waals surface area contributed by atoms with Crippen LogP contribution in [0.2, 0.25) is 0 Å². The van der Waals surface area contributed by atoms with Crippen LogP contribution in [0.1, 0.15) is 30.0 Å². The van der Waals surface area contributed by atoms with E-state index in [1.165, 1.54) is 27.6 Å². The molecule has 0 aliphatic rings. The van der Waals surface area contributed by atoms with Crippen LogP contribution in [0.25, 0.3) is 10.9 Å². The SMILES string of the molecule is CCn1cc(CCCN)c2c(C)cc(C)cc21. The van der Waals surface area contributed by atoms with E-state index in [0.717, 1.165) is 25.9 Å². The van der Waals surface area contributed by atoms with E-state index in [1.807, 2.05) is 0 Å². The summed E-state index contributed by atoms with van der Waals surface area (Å²) in [5, 5.41) is 1.44. The van der Waals surface area contributed by atoms with Gasteiger partial charge in [-0.25, -0.2) is 0 Å². The number of rotatable bonds is 4. The van der Waals surface area contributed by atoms with E-state index in [-0.39, 0.29) is 0 Å². The number of aromatic nitrogens is 1. The lowest BCUT2D eigenvalue weighted by molar-refractivity contribution is 0.781. The van der Waals surface area contributed by atoms with Gasteiger partial charge >= 0.3 is 0 Å². The van der Waals surface area contributed by atoms with Gasteiger partial charge in [0.05, 0.1) is 0 Å². The molecule has 0 saturated heterocycles. The Hall–Kier alpha value is -1.28. The van der Waals surface area contributed by atoms with E-state index in [4.69, 9.17) is 5.73 Å². The number of benzene rings is 1. The topological polar surface area (TPSA) is 30.9 Å². The van der Waals surface area contributed by atoms with Crippen molar-refractivity contribution in [1.82, 2.24) is 4.57 Å². The molecule has 17 heavy (non-hydrogen) atoms. The van der Waals surface area contributed by atoms with Crippen LogP contribution in [0.5, 0.6) is 0 Å². The molecule has 0 spiro atoms. The highest BCUT2D eigenvalue weighted by Gasteiger charge is 2.10. The van der Waals surface area contributed by atoms with E-state index < -0.39 is 0 Å². The van der Waals surface area contributed by atoms with Crippen molar-refractivity contribution in [2.75, 3.05) is 6.54 Å². The van der Waals surface area contributed by atoms with E-state index in [1.54, 1.807) is 0 Å². The minimum atomic E-state index is 0.768. The Kier molecular flexibility index (Phi) is 3.53. The molecule has 0 atom stereocenters. The van der Waals surface area contributed by atoms with Crippen LogP contribution in [0, 0.1) is 13.8 Å². The van der Waals surface area contributed by atoms with Gasteiger partial charge in [0, 0.05) is 23.6 Å². The number of aryl methyl sites for hydroxylation is 4. The molecule has 0 aliphatic carbocycles. The van der Waals surface area contributed by atoms with Crippen molar-refractivity contribution in [3.63, 3.8) is 0 Å². The van der Waals surface area contributed by atoms with E-state index >= 15 is 0 Å². The Bertz CT molecular complexity index is 523. The maximum absolute atomic E-state index is 5.62. The van der Waals surface area contributed by atoms with Gasteiger partial charge in [-0.2, -0.15) is 0 Å². The molecular weight excluding hydrogens is 208 g/mol. The molecule has 92 valence electrons. The van der Waals surface area contributed by atoms with Crippen LogP contribution in [0.15, 0.2) is 18.3 Å². The van der Waals surface area contributed by atoms with Crippen molar-refractivity contribution in [2.45, 2.75) is 40.2 Å². The highest BCUT2D eigenvalue weighted by atomic mass is 14.9. The quantitative estimate of drug-likeness (QED) is 0.859. The lowest BCUT2D eigenvalue weighted by Crippen LogP contribution is -2.00. The fourth-order valence-electron chi connectivity index (χ4n) is 2.66. The Morgan fingerprint density at radius 1 is 1.24 bits per heavy atom. The average Bonchev–Trinajstić information content (AvgIpc) is 2.64. The molecule has 0 radical (unpaired) electrons. The molecule has 2 nitrogen and oxygen atoms in total. The van der Waals surface area contributed by atoms with Crippen LogP contribution >= 0.6 is 0 Å². The monoisotopic (exact) mass is 230 g/mol. The second kappa shape index (κ2) is 4.92. The van der Waals surface area contributed by atoms with E-state index in [2.05, 4.69) is 43.7 Å². The lowest BCUT2D eigenvalue weighted by atomic mass is 10.0. The van der Waals surface area contributed by atoms with Crippen LogP contribution in [0.3, 0.4) is 0 Å². The predicted molar refractivity (Wildman–Crippen MR) is 74.5 cm³/mol. The number of nitrogens with zero attached hydrogens (tertiary/aromatic N) is 1. The third-order valence-electron chi connectivity index (χ3n) is 3.39. The van der Waals surface area contributed by atoms with Gasteiger partial charge in [-0.05, 0) is 62.9 Å². The first-order chi connectivity index (χ1) is 8.17. The van der Waals surface area contributed by atoms with Crippen LogP contribution in [-0.2, 0) is 13.0 Å². The maximum atomic E-state index is 5.62. The molecule has 0 unspecified atom stereocenters. The first-order valence-electron chi connectivity index (χ1n) is 6.46. The van der Waals surface area contributed by atoms with Gasteiger partial charge in [-0.15, -0.1) is 0 Å². The highest BCUT2D eigenvalue weighted by molar-refractivity contribution is 5.88. The summed E-state index contributed by atoms with van der Waals surface area (Å²) in [6, 6.07) is 4.56. The summed E-state index contributed by atoms with van der Waals surface area (Å²) in [7, 11) is 0. The van der Waals surface area contributed by atoms with Crippen molar-refractivity contribution in [3.05, 3.63) is 35.0 Å².